The minimum atomic E-state index is -0.145. The van der Waals surface area contributed by atoms with Crippen LogP contribution in [0.2, 0.25) is 5.02 Å². The predicted molar refractivity (Wildman–Crippen MR) is 147 cm³/mol. The number of benzene rings is 1. The minimum Gasteiger partial charge on any atom is -0.349 e. The van der Waals surface area contributed by atoms with Crippen LogP contribution in [0.3, 0.4) is 0 Å². The van der Waals surface area contributed by atoms with Crippen LogP contribution in [0.5, 0.6) is 0 Å². The number of halogens is 1. The quantitative estimate of drug-likeness (QED) is 0.345. The summed E-state index contributed by atoms with van der Waals surface area (Å²) in [6, 6.07) is 13.3. The number of nitrogens with one attached hydrogen (secondary N) is 1. The van der Waals surface area contributed by atoms with Crippen molar-refractivity contribution in [3.05, 3.63) is 94.0 Å². The molecular formula is C28H27ClN8O2. The number of amides is 1. The third kappa shape index (κ3) is 4.95. The van der Waals surface area contributed by atoms with Crippen molar-refractivity contribution >= 4 is 28.5 Å². The lowest BCUT2D eigenvalue weighted by atomic mass is 9.85. The molecule has 0 saturated heterocycles. The lowest BCUT2D eigenvalue weighted by Gasteiger charge is -2.29. The van der Waals surface area contributed by atoms with E-state index in [2.05, 4.69) is 25.6 Å². The van der Waals surface area contributed by atoms with E-state index < -0.39 is 0 Å². The Morgan fingerprint density at radius 2 is 1.85 bits per heavy atom. The number of aryl methyl sites for hydroxylation is 1. The maximum absolute atomic E-state index is 13.7. The molecule has 6 rings (SSSR count). The fraction of sp³-hybridized carbons (Fsp3) is 0.286. The fourth-order valence-corrected chi connectivity index (χ4v) is 5.52. The lowest BCUT2D eigenvalue weighted by Crippen LogP contribution is -2.39. The summed E-state index contributed by atoms with van der Waals surface area (Å²) in [6.45, 7) is 2.42. The summed E-state index contributed by atoms with van der Waals surface area (Å²) in [4.78, 5) is 35.2. The standard InChI is InChI=1S/C28H27ClN8O2/c1-18-23(14-20(29)15-30-18)27(38)33-21-8-6-19(7-9-21)17-35-24-4-2-3-5-25(24)37(28(35)39)22-10-11-26(31-16-22)36-13-12-32-34-36/h2-5,10-16,19,21H,6-9,17H2,1H3,(H,33,38). The van der Waals surface area contributed by atoms with Gasteiger partial charge in [-0.15, -0.1) is 5.10 Å². The van der Waals surface area contributed by atoms with Gasteiger partial charge in [-0.25, -0.2) is 14.5 Å². The molecule has 4 heterocycles. The molecule has 0 unspecified atom stereocenters. The topological polar surface area (TPSA) is 113 Å². The second-order valence-corrected chi connectivity index (χ2v) is 10.4. The summed E-state index contributed by atoms with van der Waals surface area (Å²) >= 11 is 6.04. The molecule has 0 radical (unpaired) electrons. The molecule has 0 spiro atoms. The Labute approximate surface area is 229 Å². The fourth-order valence-electron chi connectivity index (χ4n) is 5.36. The van der Waals surface area contributed by atoms with Crippen LogP contribution >= 0.6 is 11.6 Å². The van der Waals surface area contributed by atoms with E-state index in [1.807, 2.05) is 41.0 Å². The highest BCUT2D eigenvalue weighted by Gasteiger charge is 2.25. The molecule has 39 heavy (non-hydrogen) atoms. The smallest absolute Gasteiger partial charge is 0.333 e. The van der Waals surface area contributed by atoms with Crippen LogP contribution in [0.4, 0.5) is 0 Å². The molecule has 1 aliphatic rings. The van der Waals surface area contributed by atoms with Crippen molar-refractivity contribution in [2.45, 2.75) is 45.2 Å². The van der Waals surface area contributed by atoms with Crippen molar-refractivity contribution in [2.24, 2.45) is 5.92 Å². The summed E-state index contributed by atoms with van der Waals surface area (Å²) in [7, 11) is 0. The van der Waals surface area contributed by atoms with Gasteiger partial charge < -0.3 is 5.32 Å². The van der Waals surface area contributed by atoms with E-state index in [0.29, 0.717) is 40.2 Å². The molecule has 11 heteroatoms. The number of nitrogens with zero attached hydrogens (tertiary/aromatic N) is 7. The van der Waals surface area contributed by atoms with Gasteiger partial charge in [0.05, 0.1) is 51.6 Å². The average molecular weight is 543 g/mol. The van der Waals surface area contributed by atoms with Gasteiger partial charge in [0.15, 0.2) is 5.82 Å². The van der Waals surface area contributed by atoms with Crippen LogP contribution in [-0.2, 0) is 6.54 Å². The summed E-state index contributed by atoms with van der Waals surface area (Å²) in [5.41, 5.74) is 3.49. The van der Waals surface area contributed by atoms with Crippen LogP contribution in [0.1, 0.15) is 41.7 Å². The Morgan fingerprint density at radius 3 is 2.56 bits per heavy atom. The van der Waals surface area contributed by atoms with Gasteiger partial charge in [-0.2, -0.15) is 0 Å². The van der Waals surface area contributed by atoms with Crippen LogP contribution in [-0.4, -0.2) is 46.0 Å². The second kappa shape index (κ2) is 10.5. The Morgan fingerprint density at radius 1 is 1.05 bits per heavy atom. The van der Waals surface area contributed by atoms with E-state index in [9.17, 15) is 9.59 Å². The number of carbonyl (C=O) groups excluding carboxylic acids is 1. The predicted octanol–water partition coefficient (Wildman–Crippen LogP) is 4.11. The Bertz CT molecular complexity index is 1680. The van der Waals surface area contributed by atoms with Gasteiger partial charge in [0.1, 0.15) is 0 Å². The van der Waals surface area contributed by atoms with Crippen molar-refractivity contribution in [3.63, 3.8) is 0 Å². The SMILES string of the molecule is Cc1ncc(Cl)cc1C(=O)NC1CCC(Cn2c(=O)n(-c3ccc(-n4ccnn4)nc3)c3ccccc32)CC1. The number of fused-ring (bicyclic) bond motifs is 1. The summed E-state index contributed by atoms with van der Waals surface area (Å²) < 4.78 is 5.15. The second-order valence-electron chi connectivity index (χ2n) is 9.92. The Balaban J connectivity index is 1.18. The van der Waals surface area contributed by atoms with Crippen LogP contribution in [0.15, 0.2) is 72.0 Å². The molecule has 0 atom stereocenters. The number of imidazole rings is 1. The van der Waals surface area contributed by atoms with E-state index in [1.54, 1.807) is 47.0 Å². The zero-order valence-corrected chi connectivity index (χ0v) is 22.1. The maximum Gasteiger partial charge on any atom is 0.333 e. The number of carbonyl (C=O) groups is 1. The first kappa shape index (κ1) is 25.0. The summed E-state index contributed by atoms with van der Waals surface area (Å²) in [5.74, 6) is 0.810. The van der Waals surface area contributed by atoms with Crippen LogP contribution in [0, 0.1) is 12.8 Å². The van der Waals surface area contributed by atoms with Gasteiger partial charge in [0.2, 0.25) is 0 Å². The van der Waals surface area contributed by atoms with E-state index in [-0.39, 0.29) is 17.6 Å². The van der Waals surface area contributed by atoms with Crippen molar-refractivity contribution < 1.29 is 4.79 Å². The van der Waals surface area contributed by atoms with Crippen LogP contribution < -0.4 is 11.0 Å². The number of para-hydroxylation sites is 2. The number of hydrogen-bond acceptors (Lipinski definition) is 6. The average Bonchev–Trinajstić information content (AvgIpc) is 3.58. The molecule has 5 aromatic rings. The molecule has 1 amide bonds. The zero-order chi connectivity index (χ0) is 26.9. The largest absolute Gasteiger partial charge is 0.349 e. The molecule has 1 fully saturated rings. The molecular weight excluding hydrogens is 516 g/mol. The van der Waals surface area contributed by atoms with Crippen molar-refractivity contribution in [1.29, 1.82) is 0 Å². The molecule has 198 valence electrons. The summed E-state index contributed by atoms with van der Waals surface area (Å²) in [6.07, 6.45) is 10.1. The molecule has 1 aliphatic carbocycles. The monoisotopic (exact) mass is 542 g/mol. The number of aromatic nitrogens is 7. The molecule has 1 aromatic carbocycles. The van der Waals surface area contributed by atoms with Gasteiger partial charge >= 0.3 is 5.69 Å². The van der Waals surface area contributed by atoms with Crippen molar-refractivity contribution in [2.75, 3.05) is 0 Å². The third-order valence-corrected chi connectivity index (χ3v) is 7.61. The molecule has 0 aliphatic heterocycles. The van der Waals surface area contributed by atoms with Gasteiger partial charge in [0.25, 0.3) is 5.91 Å². The lowest BCUT2D eigenvalue weighted by molar-refractivity contribution is 0.0919. The Kier molecular flexibility index (Phi) is 6.70. The first-order chi connectivity index (χ1) is 19.0. The normalized spacial score (nSPS) is 17.4. The molecule has 1 saturated carbocycles. The van der Waals surface area contributed by atoms with Crippen molar-refractivity contribution in [1.82, 2.24) is 39.4 Å². The van der Waals surface area contributed by atoms with Gasteiger partial charge in [-0.05, 0) is 68.9 Å². The first-order valence-corrected chi connectivity index (χ1v) is 13.3. The highest BCUT2D eigenvalue weighted by molar-refractivity contribution is 6.30. The number of hydrogen-bond donors (Lipinski definition) is 1. The van der Waals surface area contributed by atoms with E-state index >= 15 is 0 Å². The van der Waals surface area contributed by atoms with E-state index in [4.69, 9.17) is 11.6 Å². The molecule has 10 nitrogen and oxygen atoms in total. The van der Waals surface area contributed by atoms with E-state index in [1.165, 1.54) is 0 Å². The van der Waals surface area contributed by atoms with Gasteiger partial charge in [-0.3, -0.25) is 18.9 Å². The minimum absolute atomic E-state index is 0.0831. The van der Waals surface area contributed by atoms with E-state index in [0.717, 1.165) is 36.7 Å². The molecule has 0 bridgehead atoms. The molecule has 1 N–H and O–H groups in total. The van der Waals surface area contributed by atoms with Crippen molar-refractivity contribution in [3.8, 4) is 11.5 Å². The zero-order valence-electron chi connectivity index (χ0n) is 21.4. The highest BCUT2D eigenvalue weighted by Crippen LogP contribution is 2.28. The van der Waals surface area contributed by atoms with Gasteiger partial charge in [-0.1, -0.05) is 28.9 Å². The third-order valence-electron chi connectivity index (χ3n) is 7.40. The number of rotatable bonds is 6. The maximum atomic E-state index is 13.7. The first-order valence-electron chi connectivity index (χ1n) is 12.9. The highest BCUT2D eigenvalue weighted by atomic mass is 35.5. The number of pyridine rings is 2. The summed E-state index contributed by atoms with van der Waals surface area (Å²) in [5, 5.41) is 11.4. The Hall–Kier alpha value is -4.31. The van der Waals surface area contributed by atoms with Crippen LogP contribution in [0.25, 0.3) is 22.5 Å². The van der Waals surface area contributed by atoms with Gasteiger partial charge in [0, 0.05) is 18.8 Å². The molecule has 4 aromatic heterocycles.